The minimum atomic E-state index is -0.106. The molecule has 0 unspecified atom stereocenters. The number of rotatable bonds is 2. The molecule has 15 heavy (non-hydrogen) atoms. The molecule has 0 saturated carbocycles. The average Bonchev–Trinajstić information content (AvgIpc) is 2.65. The average molecular weight is 218 g/mol. The monoisotopic (exact) mass is 218 g/mol. The first-order chi connectivity index (χ1) is 7.16. The van der Waals surface area contributed by atoms with Gasteiger partial charge in [-0.25, -0.2) is 9.97 Å². The van der Waals surface area contributed by atoms with Crippen molar-refractivity contribution in [3.8, 4) is 10.6 Å². The van der Waals surface area contributed by atoms with Crippen LogP contribution in [0.15, 0.2) is 24.4 Å². The largest absolute Gasteiger partial charge is 0.291 e. The molecule has 2 aromatic heterocycles. The quantitative estimate of drug-likeness (QED) is 0.728. The van der Waals surface area contributed by atoms with E-state index in [4.69, 9.17) is 0 Å². The molecule has 0 bridgehead atoms. The lowest BCUT2D eigenvalue weighted by molar-refractivity contribution is 0.100. The predicted molar refractivity (Wildman–Crippen MR) is 60.1 cm³/mol. The zero-order chi connectivity index (χ0) is 10.8. The summed E-state index contributed by atoms with van der Waals surface area (Å²) in [6.07, 6.45) is 1.62. The van der Waals surface area contributed by atoms with E-state index < -0.39 is 0 Å². The Kier molecular flexibility index (Phi) is 2.60. The van der Waals surface area contributed by atoms with Gasteiger partial charge in [-0.3, -0.25) is 4.79 Å². The van der Waals surface area contributed by atoms with E-state index in [1.807, 2.05) is 25.1 Å². The number of carbonyl (C=O) groups is 1. The highest BCUT2D eigenvalue weighted by molar-refractivity contribution is 7.15. The molecule has 0 amide bonds. The number of carbonyl (C=O) groups excluding carboxylic acids is 1. The second kappa shape index (κ2) is 3.90. The third-order valence-corrected chi connectivity index (χ3v) is 2.99. The number of ketones is 1. The number of nitrogens with zero attached hydrogens (tertiary/aromatic N) is 2. The van der Waals surface area contributed by atoms with Crippen LogP contribution in [0.2, 0.25) is 0 Å². The zero-order valence-electron chi connectivity index (χ0n) is 8.52. The van der Waals surface area contributed by atoms with E-state index in [0.717, 1.165) is 10.6 Å². The van der Waals surface area contributed by atoms with Crippen LogP contribution in [0.4, 0.5) is 0 Å². The lowest BCUT2D eigenvalue weighted by Gasteiger charge is -1.97. The van der Waals surface area contributed by atoms with Crippen LogP contribution in [0.1, 0.15) is 22.4 Å². The Hall–Kier alpha value is -1.55. The van der Waals surface area contributed by atoms with Crippen molar-refractivity contribution in [3.05, 3.63) is 35.1 Å². The number of hydrogen-bond donors (Lipinski definition) is 0. The fourth-order valence-corrected chi connectivity index (χ4v) is 2.08. The third kappa shape index (κ3) is 2.10. The summed E-state index contributed by atoms with van der Waals surface area (Å²) >= 11 is 1.66. The number of hydrogen-bond acceptors (Lipinski definition) is 4. The van der Waals surface area contributed by atoms with Crippen LogP contribution < -0.4 is 0 Å². The van der Waals surface area contributed by atoms with Gasteiger partial charge in [0.2, 0.25) is 0 Å². The molecule has 0 fully saturated rings. The van der Waals surface area contributed by atoms with Gasteiger partial charge in [0.15, 0.2) is 11.6 Å². The van der Waals surface area contributed by atoms with E-state index in [1.165, 1.54) is 11.8 Å². The maximum absolute atomic E-state index is 11.1. The van der Waals surface area contributed by atoms with E-state index in [9.17, 15) is 4.79 Å². The summed E-state index contributed by atoms with van der Waals surface area (Å²) in [5.41, 5.74) is 0.813. The summed E-state index contributed by atoms with van der Waals surface area (Å²) in [4.78, 5) is 21.5. The lowest BCUT2D eigenvalue weighted by Crippen LogP contribution is -2.00. The van der Waals surface area contributed by atoms with Crippen molar-refractivity contribution in [2.24, 2.45) is 0 Å². The van der Waals surface area contributed by atoms with Gasteiger partial charge < -0.3 is 0 Å². The van der Waals surface area contributed by atoms with Gasteiger partial charge in [0, 0.05) is 18.0 Å². The minimum absolute atomic E-state index is 0.106. The first-order valence-electron chi connectivity index (χ1n) is 4.57. The Labute approximate surface area is 91.8 Å². The standard InChI is InChI=1S/C11H10N2OS/c1-7-3-4-10(15-7)9-5-6-12-11(13-9)8(2)14/h3-6H,1-2H3. The summed E-state index contributed by atoms with van der Waals surface area (Å²) in [6, 6.07) is 5.86. The molecule has 0 aliphatic carbocycles. The molecule has 2 aromatic rings. The Bertz CT molecular complexity index is 505. The predicted octanol–water partition coefficient (Wildman–Crippen LogP) is 2.72. The van der Waals surface area contributed by atoms with Crippen LogP contribution in [0, 0.1) is 6.92 Å². The van der Waals surface area contributed by atoms with Crippen molar-refractivity contribution < 1.29 is 4.79 Å². The van der Waals surface area contributed by atoms with E-state index in [2.05, 4.69) is 9.97 Å². The Morgan fingerprint density at radius 3 is 2.73 bits per heavy atom. The van der Waals surface area contributed by atoms with E-state index in [1.54, 1.807) is 17.5 Å². The molecule has 0 aliphatic heterocycles. The number of aromatic nitrogens is 2. The summed E-state index contributed by atoms with van der Waals surface area (Å²) in [5.74, 6) is 0.170. The zero-order valence-corrected chi connectivity index (χ0v) is 9.34. The van der Waals surface area contributed by atoms with Gasteiger partial charge in [-0.15, -0.1) is 11.3 Å². The van der Waals surface area contributed by atoms with Crippen molar-refractivity contribution >= 4 is 17.1 Å². The normalized spacial score (nSPS) is 10.3. The topological polar surface area (TPSA) is 42.9 Å². The highest BCUT2D eigenvalue weighted by Crippen LogP contribution is 2.25. The molecule has 76 valence electrons. The van der Waals surface area contributed by atoms with Crippen molar-refractivity contribution in [2.45, 2.75) is 13.8 Å². The number of thiophene rings is 1. The maximum Gasteiger partial charge on any atom is 0.196 e. The molecule has 0 radical (unpaired) electrons. The van der Waals surface area contributed by atoms with E-state index >= 15 is 0 Å². The highest BCUT2D eigenvalue weighted by Gasteiger charge is 2.06. The summed E-state index contributed by atoms with van der Waals surface area (Å²) in [5, 5.41) is 0. The molecular weight excluding hydrogens is 208 g/mol. The van der Waals surface area contributed by atoms with Gasteiger partial charge in [-0.2, -0.15) is 0 Å². The van der Waals surface area contributed by atoms with Crippen LogP contribution in [0.3, 0.4) is 0 Å². The molecule has 0 N–H and O–H groups in total. The molecule has 3 nitrogen and oxygen atoms in total. The molecule has 2 heterocycles. The van der Waals surface area contributed by atoms with Crippen LogP contribution >= 0.6 is 11.3 Å². The van der Waals surface area contributed by atoms with Gasteiger partial charge >= 0.3 is 0 Å². The molecule has 0 aromatic carbocycles. The summed E-state index contributed by atoms with van der Waals surface area (Å²) < 4.78 is 0. The molecule has 0 saturated heterocycles. The van der Waals surface area contributed by atoms with Crippen molar-refractivity contribution in [1.82, 2.24) is 9.97 Å². The van der Waals surface area contributed by atoms with Gasteiger partial charge in [0.1, 0.15) is 0 Å². The maximum atomic E-state index is 11.1. The van der Waals surface area contributed by atoms with Crippen LogP contribution in [0.25, 0.3) is 10.6 Å². The van der Waals surface area contributed by atoms with Crippen molar-refractivity contribution in [1.29, 1.82) is 0 Å². The van der Waals surface area contributed by atoms with Gasteiger partial charge in [-0.1, -0.05) is 0 Å². The second-order valence-corrected chi connectivity index (χ2v) is 4.52. The van der Waals surface area contributed by atoms with Gasteiger partial charge in [0.05, 0.1) is 10.6 Å². The molecule has 4 heteroatoms. The minimum Gasteiger partial charge on any atom is -0.291 e. The van der Waals surface area contributed by atoms with Crippen molar-refractivity contribution in [2.75, 3.05) is 0 Å². The highest BCUT2D eigenvalue weighted by atomic mass is 32.1. The molecule has 0 atom stereocenters. The SMILES string of the molecule is CC(=O)c1nccc(-c2ccc(C)s2)n1. The Morgan fingerprint density at radius 1 is 1.33 bits per heavy atom. The van der Waals surface area contributed by atoms with Crippen LogP contribution in [0.5, 0.6) is 0 Å². The van der Waals surface area contributed by atoms with Crippen LogP contribution in [-0.2, 0) is 0 Å². The summed E-state index contributed by atoms with van der Waals surface area (Å²) in [6.45, 7) is 3.51. The Morgan fingerprint density at radius 2 is 2.13 bits per heavy atom. The van der Waals surface area contributed by atoms with E-state index in [-0.39, 0.29) is 11.6 Å². The molecule has 0 spiro atoms. The van der Waals surface area contributed by atoms with Crippen LogP contribution in [-0.4, -0.2) is 15.8 Å². The van der Waals surface area contributed by atoms with E-state index in [0.29, 0.717) is 0 Å². The Balaban J connectivity index is 2.45. The third-order valence-electron chi connectivity index (χ3n) is 1.96. The summed E-state index contributed by atoms with van der Waals surface area (Å²) in [7, 11) is 0. The fourth-order valence-electron chi connectivity index (χ4n) is 1.24. The lowest BCUT2D eigenvalue weighted by atomic mass is 10.3. The first kappa shape index (κ1) is 9.98. The van der Waals surface area contributed by atoms with Gasteiger partial charge in [-0.05, 0) is 25.1 Å². The van der Waals surface area contributed by atoms with Crippen molar-refractivity contribution in [3.63, 3.8) is 0 Å². The molecule has 2 rings (SSSR count). The molecular formula is C11H10N2OS. The fraction of sp³-hybridized carbons (Fsp3) is 0.182. The number of aryl methyl sites for hydroxylation is 1. The van der Waals surface area contributed by atoms with Gasteiger partial charge in [0.25, 0.3) is 0 Å². The second-order valence-electron chi connectivity index (χ2n) is 3.23. The molecule has 0 aliphatic rings. The smallest absolute Gasteiger partial charge is 0.196 e. The first-order valence-corrected chi connectivity index (χ1v) is 5.39. The number of Topliss-reactive ketones (excluding diaryl/α,β-unsaturated/α-hetero) is 1.